The molecule has 0 aromatic heterocycles. The van der Waals surface area contributed by atoms with Crippen LogP contribution >= 0.6 is 11.8 Å². The van der Waals surface area contributed by atoms with Crippen molar-refractivity contribution in [1.82, 2.24) is 16.0 Å². The Balaban J connectivity index is 2.44. The third kappa shape index (κ3) is 11.9. The summed E-state index contributed by atoms with van der Waals surface area (Å²) in [5.74, 6) is -3.27. The molecule has 11 nitrogen and oxygen atoms in total. The van der Waals surface area contributed by atoms with Crippen molar-refractivity contribution in [2.24, 2.45) is 5.73 Å². The summed E-state index contributed by atoms with van der Waals surface area (Å²) in [5.41, 5.74) is 6.25. The van der Waals surface area contributed by atoms with E-state index in [1.54, 1.807) is 0 Å². The number of hydrogen-bond acceptors (Lipinski definition) is 7. The number of rotatable bonds is 15. The minimum absolute atomic E-state index is 0.106. The van der Waals surface area contributed by atoms with Gasteiger partial charge in [0.2, 0.25) is 17.7 Å². The second-order valence-electron chi connectivity index (χ2n) is 6.80. The summed E-state index contributed by atoms with van der Waals surface area (Å²) in [6.45, 7) is -0.253. The Morgan fingerprint density at radius 2 is 1.69 bits per heavy atom. The molecule has 0 radical (unpaired) electrons. The molecule has 3 amide bonds. The highest BCUT2D eigenvalue weighted by atomic mass is 32.2. The number of hydrogen-bond donors (Lipinski definition) is 6. The lowest BCUT2D eigenvalue weighted by Gasteiger charge is -2.18. The smallest absolute Gasteiger partial charge is 0.322 e. The van der Waals surface area contributed by atoms with Crippen LogP contribution in [0.1, 0.15) is 18.4 Å². The minimum atomic E-state index is -1.24. The number of benzene rings is 1. The lowest BCUT2D eigenvalue weighted by Crippen LogP contribution is -2.49. The van der Waals surface area contributed by atoms with Crippen LogP contribution in [0.2, 0.25) is 0 Å². The van der Waals surface area contributed by atoms with Crippen LogP contribution in [-0.4, -0.2) is 76.6 Å². The van der Waals surface area contributed by atoms with Crippen molar-refractivity contribution in [3.63, 3.8) is 0 Å². The molecule has 0 saturated heterocycles. The van der Waals surface area contributed by atoms with Gasteiger partial charge in [-0.3, -0.25) is 24.0 Å². The highest BCUT2D eigenvalue weighted by Gasteiger charge is 2.22. The van der Waals surface area contributed by atoms with E-state index in [9.17, 15) is 24.0 Å². The molecule has 0 spiro atoms. The summed E-state index contributed by atoms with van der Waals surface area (Å²) >= 11 is 1.29. The predicted molar refractivity (Wildman–Crippen MR) is 118 cm³/mol. The largest absolute Gasteiger partial charge is 0.480 e. The van der Waals surface area contributed by atoms with E-state index in [1.165, 1.54) is 11.8 Å². The van der Waals surface area contributed by atoms with Gasteiger partial charge in [-0.15, -0.1) is 0 Å². The van der Waals surface area contributed by atoms with Gasteiger partial charge in [0, 0.05) is 24.5 Å². The van der Waals surface area contributed by atoms with Crippen molar-refractivity contribution in [1.29, 1.82) is 0 Å². The Morgan fingerprint density at radius 1 is 1.00 bits per heavy atom. The van der Waals surface area contributed by atoms with Crippen molar-refractivity contribution in [3.8, 4) is 0 Å². The minimum Gasteiger partial charge on any atom is -0.480 e. The first kappa shape index (κ1) is 26.9. The Bertz CT molecular complexity index is 791. The Hall–Kier alpha value is -3.12. The fourth-order valence-corrected chi connectivity index (χ4v) is 3.34. The highest BCUT2D eigenvalue weighted by molar-refractivity contribution is 7.99. The lowest BCUT2D eigenvalue weighted by atomic mass is 10.1. The van der Waals surface area contributed by atoms with Gasteiger partial charge in [-0.2, -0.15) is 11.8 Å². The molecule has 32 heavy (non-hydrogen) atoms. The van der Waals surface area contributed by atoms with E-state index < -0.39 is 42.4 Å². The van der Waals surface area contributed by atoms with E-state index in [2.05, 4.69) is 16.0 Å². The molecule has 1 rings (SSSR count). The van der Waals surface area contributed by atoms with E-state index in [4.69, 9.17) is 15.9 Å². The fourth-order valence-electron chi connectivity index (χ4n) is 2.45. The number of thioether (sulfide) groups is 1. The molecule has 2 atom stereocenters. The van der Waals surface area contributed by atoms with Crippen LogP contribution < -0.4 is 21.7 Å². The molecule has 176 valence electrons. The number of nitrogens with two attached hydrogens (primary N) is 1. The first-order valence-electron chi connectivity index (χ1n) is 9.84. The maximum atomic E-state index is 12.2. The van der Waals surface area contributed by atoms with Crippen LogP contribution in [0, 0.1) is 0 Å². The summed E-state index contributed by atoms with van der Waals surface area (Å²) in [5, 5.41) is 24.9. The van der Waals surface area contributed by atoms with Crippen molar-refractivity contribution >= 4 is 41.4 Å². The number of carbonyl (C=O) groups excluding carboxylic acids is 3. The van der Waals surface area contributed by atoms with E-state index in [0.29, 0.717) is 12.3 Å². The standard InChI is InChI=1S/C20H28N4O7S/c21-14(20(30)31)6-7-16(25)24-15(19(29)23-11-18(27)28)12-32-9-8-22-17(26)10-13-4-2-1-3-5-13/h1-5,14-15H,6-12,21H2,(H,22,26)(H,23,29)(H,24,25)(H,27,28)(H,30,31). The average molecular weight is 469 g/mol. The second kappa shape index (κ2) is 14.8. The van der Waals surface area contributed by atoms with Crippen LogP contribution in [0.4, 0.5) is 0 Å². The second-order valence-corrected chi connectivity index (χ2v) is 7.95. The Kier molecular flexibility index (Phi) is 12.5. The van der Waals surface area contributed by atoms with Crippen molar-refractivity contribution < 1.29 is 34.2 Å². The Morgan fingerprint density at radius 3 is 2.31 bits per heavy atom. The van der Waals surface area contributed by atoms with Crippen LogP contribution in [0.25, 0.3) is 0 Å². The molecular weight excluding hydrogens is 440 g/mol. The Labute approximate surface area is 189 Å². The summed E-state index contributed by atoms with van der Waals surface area (Å²) < 4.78 is 0. The molecule has 0 aliphatic heterocycles. The van der Waals surface area contributed by atoms with E-state index >= 15 is 0 Å². The molecular formula is C20H28N4O7S. The average Bonchev–Trinajstić information content (AvgIpc) is 2.75. The molecule has 0 aliphatic carbocycles. The SMILES string of the molecule is NC(CCC(=O)NC(CSCCNC(=O)Cc1ccccc1)C(=O)NCC(=O)O)C(=O)O. The molecule has 2 unspecified atom stereocenters. The first-order chi connectivity index (χ1) is 15.2. The van der Waals surface area contributed by atoms with Crippen LogP contribution in [0.5, 0.6) is 0 Å². The van der Waals surface area contributed by atoms with Crippen LogP contribution in [-0.2, 0) is 30.4 Å². The summed E-state index contributed by atoms with van der Waals surface area (Å²) in [4.78, 5) is 57.6. The molecule has 0 saturated carbocycles. The van der Waals surface area contributed by atoms with Gasteiger partial charge in [0.15, 0.2) is 0 Å². The van der Waals surface area contributed by atoms with E-state index in [-0.39, 0.29) is 30.9 Å². The quantitative estimate of drug-likeness (QED) is 0.175. The van der Waals surface area contributed by atoms with Crippen LogP contribution in [0.15, 0.2) is 30.3 Å². The van der Waals surface area contributed by atoms with Crippen molar-refractivity contribution in [2.45, 2.75) is 31.3 Å². The van der Waals surface area contributed by atoms with Gasteiger partial charge in [-0.05, 0) is 12.0 Å². The number of carboxylic acid groups (broad SMARTS) is 2. The first-order valence-corrected chi connectivity index (χ1v) is 11.0. The van der Waals surface area contributed by atoms with Gasteiger partial charge in [0.25, 0.3) is 0 Å². The zero-order valence-electron chi connectivity index (χ0n) is 17.4. The number of aliphatic carboxylic acids is 2. The molecule has 7 N–H and O–H groups in total. The molecule has 12 heteroatoms. The number of amides is 3. The topological polar surface area (TPSA) is 188 Å². The fraction of sp³-hybridized carbons (Fsp3) is 0.450. The molecule has 0 aliphatic rings. The molecule has 0 fully saturated rings. The molecule has 0 heterocycles. The van der Waals surface area contributed by atoms with Gasteiger partial charge < -0.3 is 31.9 Å². The predicted octanol–water partition coefficient (Wildman–Crippen LogP) is -1.04. The summed E-state index contributed by atoms with van der Waals surface area (Å²) in [6, 6.07) is 7.03. The number of carboxylic acids is 2. The van der Waals surface area contributed by atoms with Crippen molar-refractivity contribution in [2.75, 3.05) is 24.6 Å². The van der Waals surface area contributed by atoms with Gasteiger partial charge in [0.1, 0.15) is 18.6 Å². The monoisotopic (exact) mass is 468 g/mol. The van der Waals surface area contributed by atoms with E-state index in [0.717, 1.165) is 5.56 Å². The summed E-state index contributed by atoms with van der Waals surface area (Å²) in [7, 11) is 0. The van der Waals surface area contributed by atoms with Gasteiger partial charge in [-0.1, -0.05) is 30.3 Å². The third-order valence-electron chi connectivity index (χ3n) is 4.13. The van der Waals surface area contributed by atoms with Crippen molar-refractivity contribution in [3.05, 3.63) is 35.9 Å². The number of nitrogens with one attached hydrogen (secondary N) is 3. The van der Waals surface area contributed by atoms with Crippen LogP contribution in [0.3, 0.4) is 0 Å². The van der Waals surface area contributed by atoms with Gasteiger partial charge >= 0.3 is 11.9 Å². The number of carbonyl (C=O) groups is 5. The summed E-state index contributed by atoms with van der Waals surface area (Å²) in [6.07, 6.45) is -0.0537. The molecule has 1 aromatic carbocycles. The van der Waals surface area contributed by atoms with E-state index in [1.807, 2.05) is 30.3 Å². The molecule has 1 aromatic rings. The highest BCUT2D eigenvalue weighted by Crippen LogP contribution is 2.05. The van der Waals surface area contributed by atoms with Gasteiger partial charge in [-0.25, -0.2) is 0 Å². The zero-order chi connectivity index (χ0) is 23.9. The lowest BCUT2D eigenvalue weighted by molar-refractivity contribution is -0.139. The molecule has 0 bridgehead atoms. The third-order valence-corrected chi connectivity index (χ3v) is 5.19. The maximum Gasteiger partial charge on any atom is 0.322 e. The van der Waals surface area contributed by atoms with Gasteiger partial charge in [0.05, 0.1) is 6.42 Å². The zero-order valence-corrected chi connectivity index (χ0v) is 18.2. The normalized spacial score (nSPS) is 12.3. The maximum absolute atomic E-state index is 12.2.